The molecule has 126 valence electrons. The Kier molecular flexibility index (Phi) is 6.49. The van der Waals surface area contributed by atoms with Gasteiger partial charge in [0.05, 0.1) is 16.5 Å². The maximum atomic E-state index is 11.3. The number of anilines is 1. The van der Waals surface area contributed by atoms with Crippen LogP contribution in [0.4, 0.5) is 5.00 Å². The fourth-order valence-electron chi connectivity index (χ4n) is 2.08. The summed E-state index contributed by atoms with van der Waals surface area (Å²) in [6.07, 6.45) is 5.31. The lowest BCUT2D eigenvalue weighted by molar-refractivity contribution is 0.575. The molecule has 2 heterocycles. The first kappa shape index (κ1) is 17.8. The number of aromatic nitrogens is 2. The second-order valence-corrected chi connectivity index (χ2v) is 8.35. The summed E-state index contributed by atoms with van der Waals surface area (Å²) in [7, 11) is -3.08. The van der Waals surface area contributed by atoms with Gasteiger partial charge in [0.2, 0.25) is 10.0 Å². The molecule has 3 N–H and O–H groups in total. The van der Waals surface area contributed by atoms with Crippen LogP contribution in [0.1, 0.15) is 31.2 Å². The van der Waals surface area contributed by atoms with Crippen molar-refractivity contribution in [3.8, 4) is 11.4 Å². The quantitative estimate of drug-likeness (QED) is 0.674. The van der Waals surface area contributed by atoms with Gasteiger partial charge in [0.1, 0.15) is 10.7 Å². The van der Waals surface area contributed by atoms with Crippen LogP contribution in [0.2, 0.25) is 0 Å². The number of nitrogens with zero attached hydrogens (tertiary/aromatic N) is 2. The van der Waals surface area contributed by atoms with Crippen molar-refractivity contribution in [3.63, 3.8) is 0 Å². The summed E-state index contributed by atoms with van der Waals surface area (Å²) in [4.78, 5) is 8.84. The van der Waals surface area contributed by atoms with Crippen molar-refractivity contribution in [2.24, 2.45) is 0 Å². The summed E-state index contributed by atoms with van der Waals surface area (Å²) >= 11 is 1.50. The van der Waals surface area contributed by atoms with E-state index < -0.39 is 10.0 Å². The highest BCUT2D eigenvalue weighted by Crippen LogP contribution is 2.29. The molecule has 2 aromatic rings. The van der Waals surface area contributed by atoms with Crippen LogP contribution in [-0.4, -0.2) is 30.7 Å². The van der Waals surface area contributed by atoms with Crippen LogP contribution in [0.3, 0.4) is 0 Å². The third-order valence-electron chi connectivity index (χ3n) is 3.37. The van der Waals surface area contributed by atoms with Crippen LogP contribution in [-0.2, 0) is 16.4 Å². The number of unbranched alkanes of at least 4 members (excludes halogenated alkanes) is 2. The highest BCUT2D eigenvalue weighted by molar-refractivity contribution is 7.89. The molecule has 0 bridgehead atoms. The standard InChI is InChI=1S/C15H22N4O2S2/c1-2-23(20,21)18-11-6-3-4-9-13-19-14(15(16)22-13)12-8-5-7-10-17-12/h5,7-8,10,18H,2-4,6,9,11,16H2,1H3. The molecule has 0 aliphatic heterocycles. The fourth-order valence-corrected chi connectivity index (χ4v) is 3.62. The number of sulfonamides is 1. The molecule has 0 aromatic carbocycles. The van der Waals surface area contributed by atoms with Crippen molar-refractivity contribution in [2.45, 2.75) is 32.6 Å². The summed E-state index contributed by atoms with van der Waals surface area (Å²) in [5.74, 6) is 0.127. The first-order valence-electron chi connectivity index (χ1n) is 7.65. The van der Waals surface area contributed by atoms with E-state index in [-0.39, 0.29) is 5.75 Å². The SMILES string of the molecule is CCS(=O)(=O)NCCCCCc1nc(-c2ccccn2)c(N)s1. The molecule has 23 heavy (non-hydrogen) atoms. The first-order chi connectivity index (χ1) is 11.0. The minimum absolute atomic E-state index is 0.127. The molecule has 0 aliphatic carbocycles. The summed E-state index contributed by atoms with van der Waals surface area (Å²) in [6, 6.07) is 5.67. The van der Waals surface area contributed by atoms with E-state index in [4.69, 9.17) is 5.73 Å². The zero-order valence-electron chi connectivity index (χ0n) is 13.2. The molecule has 0 amide bonds. The van der Waals surface area contributed by atoms with Gasteiger partial charge in [0.25, 0.3) is 0 Å². The van der Waals surface area contributed by atoms with Gasteiger partial charge in [-0.15, -0.1) is 11.3 Å². The molecule has 0 radical (unpaired) electrons. The normalized spacial score (nSPS) is 11.7. The minimum Gasteiger partial charge on any atom is -0.389 e. The van der Waals surface area contributed by atoms with Crippen molar-refractivity contribution >= 4 is 26.4 Å². The molecule has 0 spiro atoms. The number of hydrogen-bond donors (Lipinski definition) is 2. The molecule has 0 atom stereocenters. The largest absolute Gasteiger partial charge is 0.389 e. The second-order valence-electron chi connectivity index (χ2n) is 5.14. The molecule has 0 aliphatic rings. The van der Waals surface area contributed by atoms with Crippen LogP contribution < -0.4 is 10.5 Å². The Hall–Kier alpha value is -1.51. The van der Waals surface area contributed by atoms with E-state index in [1.807, 2.05) is 18.2 Å². The van der Waals surface area contributed by atoms with Crippen LogP contribution in [0.5, 0.6) is 0 Å². The maximum Gasteiger partial charge on any atom is 0.211 e. The molecule has 0 saturated carbocycles. The number of hydrogen-bond acceptors (Lipinski definition) is 6. The first-order valence-corrected chi connectivity index (χ1v) is 10.1. The lowest BCUT2D eigenvalue weighted by Gasteiger charge is -2.03. The van der Waals surface area contributed by atoms with E-state index in [9.17, 15) is 8.42 Å². The molecule has 2 rings (SSSR count). The summed E-state index contributed by atoms with van der Waals surface area (Å²) < 4.78 is 25.2. The van der Waals surface area contributed by atoms with E-state index in [1.54, 1.807) is 13.1 Å². The smallest absolute Gasteiger partial charge is 0.211 e. The van der Waals surface area contributed by atoms with Gasteiger partial charge in [0, 0.05) is 12.7 Å². The van der Waals surface area contributed by atoms with E-state index in [0.29, 0.717) is 11.5 Å². The topological polar surface area (TPSA) is 98.0 Å². The lowest BCUT2D eigenvalue weighted by Crippen LogP contribution is -2.26. The number of nitrogens with one attached hydrogen (secondary N) is 1. The van der Waals surface area contributed by atoms with Gasteiger partial charge in [0.15, 0.2) is 0 Å². The molecule has 0 unspecified atom stereocenters. The molecular weight excluding hydrogens is 332 g/mol. The molecule has 2 aromatic heterocycles. The zero-order valence-corrected chi connectivity index (χ0v) is 14.8. The van der Waals surface area contributed by atoms with Crippen LogP contribution in [0.15, 0.2) is 24.4 Å². The highest BCUT2D eigenvalue weighted by atomic mass is 32.2. The van der Waals surface area contributed by atoms with Gasteiger partial charge in [-0.2, -0.15) is 0 Å². The summed E-state index contributed by atoms with van der Waals surface area (Å²) in [5.41, 5.74) is 7.57. The van der Waals surface area contributed by atoms with E-state index in [1.165, 1.54) is 11.3 Å². The van der Waals surface area contributed by atoms with Crippen LogP contribution in [0, 0.1) is 0 Å². The number of pyridine rings is 1. The number of rotatable bonds is 9. The Labute approximate surface area is 141 Å². The van der Waals surface area contributed by atoms with Crippen LogP contribution >= 0.6 is 11.3 Å². The number of nitrogen functional groups attached to an aromatic ring is 1. The van der Waals surface area contributed by atoms with Crippen molar-refractivity contribution in [3.05, 3.63) is 29.4 Å². The summed E-state index contributed by atoms with van der Waals surface area (Å²) in [5, 5.41) is 1.69. The van der Waals surface area contributed by atoms with Gasteiger partial charge < -0.3 is 5.73 Å². The Morgan fingerprint density at radius 3 is 2.78 bits per heavy atom. The summed E-state index contributed by atoms with van der Waals surface area (Å²) in [6.45, 7) is 2.13. The molecule has 8 heteroatoms. The third kappa shape index (κ3) is 5.56. The second kappa shape index (κ2) is 8.37. The van der Waals surface area contributed by atoms with Crippen molar-refractivity contribution < 1.29 is 8.42 Å². The predicted molar refractivity (Wildman–Crippen MR) is 94.8 cm³/mol. The van der Waals surface area contributed by atoms with Gasteiger partial charge >= 0.3 is 0 Å². The van der Waals surface area contributed by atoms with Crippen molar-refractivity contribution in [2.75, 3.05) is 18.0 Å². The Balaban J connectivity index is 1.77. The Morgan fingerprint density at radius 1 is 1.26 bits per heavy atom. The van der Waals surface area contributed by atoms with Crippen molar-refractivity contribution in [1.82, 2.24) is 14.7 Å². The number of nitrogens with two attached hydrogens (primary N) is 1. The zero-order chi connectivity index (χ0) is 16.7. The van der Waals surface area contributed by atoms with Crippen molar-refractivity contribution in [1.29, 1.82) is 0 Å². The molecule has 0 fully saturated rings. The Bertz CT molecular complexity index is 714. The van der Waals surface area contributed by atoms with Crippen LogP contribution in [0.25, 0.3) is 11.4 Å². The van der Waals surface area contributed by atoms with Gasteiger partial charge in [-0.25, -0.2) is 18.1 Å². The molecule has 0 saturated heterocycles. The molecule has 6 nitrogen and oxygen atoms in total. The fraction of sp³-hybridized carbons (Fsp3) is 0.467. The monoisotopic (exact) mass is 354 g/mol. The Morgan fingerprint density at radius 2 is 2.09 bits per heavy atom. The average molecular weight is 355 g/mol. The van der Waals surface area contributed by atoms with E-state index >= 15 is 0 Å². The van der Waals surface area contributed by atoms with Gasteiger partial charge in [-0.3, -0.25) is 4.98 Å². The minimum atomic E-state index is -3.08. The third-order valence-corrected chi connectivity index (χ3v) is 5.72. The van der Waals surface area contributed by atoms with E-state index in [2.05, 4.69) is 14.7 Å². The predicted octanol–water partition coefficient (Wildman–Crippen LogP) is 2.44. The maximum absolute atomic E-state index is 11.3. The average Bonchev–Trinajstić information content (AvgIpc) is 2.92. The highest BCUT2D eigenvalue weighted by Gasteiger charge is 2.11. The number of thiazole rings is 1. The molecular formula is C15H22N4O2S2. The van der Waals surface area contributed by atoms with Gasteiger partial charge in [-0.05, 0) is 38.3 Å². The lowest BCUT2D eigenvalue weighted by atomic mass is 10.2. The number of aryl methyl sites for hydroxylation is 1. The van der Waals surface area contributed by atoms with E-state index in [0.717, 1.165) is 42.1 Å². The van der Waals surface area contributed by atoms with Gasteiger partial charge in [-0.1, -0.05) is 12.5 Å².